The molecule has 19 heavy (non-hydrogen) atoms. The number of nitrogens with one attached hydrogen (secondary N) is 2. The fraction of sp³-hybridized carbons (Fsp3) is 1.00. The number of piperazine rings is 1. The Bertz CT molecular complexity index is 362. The molecule has 1 heterocycles. The summed E-state index contributed by atoms with van der Waals surface area (Å²) in [7, 11) is -3.15. The lowest BCUT2D eigenvalue weighted by Crippen LogP contribution is -2.50. The van der Waals surface area contributed by atoms with Gasteiger partial charge >= 0.3 is 0 Å². The summed E-state index contributed by atoms with van der Waals surface area (Å²) >= 11 is 0. The Labute approximate surface area is 115 Å². The van der Waals surface area contributed by atoms with E-state index in [-0.39, 0.29) is 17.9 Å². The normalized spacial score (nSPS) is 29.1. The van der Waals surface area contributed by atoms with Gasteiger partial charge in [0.05, 0.1) is 11.9 Å². The van der Waals surface area contributed by atoms with Crippen molar-refractivity contribution >= 4 is 10.0 Å². The topological polar surface area (TPSA) is 70.7 Å². The monoisotopic (exact) mass is 291 g/mol. The third-order valence-electron chi connectivity index (χ3n) is 3.73. The molecular weight excluding hydrogens is 266 g/mol. The van der Waals surface area contributed by atoms with Crippen LogP contribution in [0, 0.1) is 0 Å². The quantitative estimate of drug-likeness (QED) is 0.654. The molecule has 0 unspecified atom stereocenters. The first kappa shape index (κ1) is 15.2. The molecular formula is C12H25N3O3S. The molecule has 1 saturated carbocycles. The fourth-order valence-electron chi connectivity index (χ4n) is 2.53. The molecule has 0 amide bonds. The van der Waals surface area contributed by atoms with Gasteiger partial charge in [-0.15, -0.1) is 0 Å². The summed E-state index contributed by atoms with van der Waals surface area (Å²) in [5, 5.41) is 3.26. The van der Waals surface area contributed by atoms with Crippen molar-refractivity contribution in [2.45, 2.75) is 31.9 Å². The van der Waals surface area contributed by atoms with E-state index in [4.69, 9.17) is 4.74 Å². The van der Waals surface area contributed by atoms with Crippen LogP contribution >= 0.6 is 0 Å². The summed E-state index contributed by atoms with van der Waals surface area (Å²) < 4.78 is 32.1. The number of rotatable bonds is 7. The summed E-state index contributed by atoms with van der Waals surface area (Å²) in [4.78, 5) is 2.19. The molecule has 7 heteroatoms. The van der Waals surface area contributed by atoms with Crippen LogP contribution in [-0.2, 0) is 14.8 Å². The zero-order chi connectivity index (χ0) is 13.7. The Balaban J connectivity index is 1.65. The van der Waals surface area contributed by atoms with Crippen LogP contribution in [0.15, 0.2) is 0 Å². The lowest BCUT2D eigenvalue weighted by molar-refractivity contribution is -0.00476. The summed E-state index contributed by atoms with van der Waals surface area (Å²) in [5.74, 6) is 0.197. The number of nitrogens with zero attached hydrogens (tertiary/aromatic N) is 1. The minimum atomic E-state index is -3.15. The van der Waals surface area contributed by atoms with Crippen molar-refractivity contribution in [1.29, 1.82) is 0 Å². The predicted molar refractivity (Wildman–Crippen MR) is 74.7 cm³/mol. The van der Waals surface area contributed by atoms with Gasteiger partial charge in [-0.3, -0.25) is 4.90 Å². The summed E-state index contributed by atoms with van der Waals surface area (Å²) in [6.07, 6.45) is 1.85. The molecule has 0 aromatic carbocycles. The van der Waals surface area contributed by atoms with Crippen molar-refractivity contribution < 1.29 is 13.2 Å². The second kappa shape index (κ2) is 6.99. The first-order valence-corrected chi connectivity index (χ1v) is 8.79. The molecule has 1 aliphatic heterocycles. The van der Waals surface area contributed by atoms with E-state index in [1.807, 2.05) is 6.92 Å². The average molecular weight is 291 g/mol. The van der Waals surface area contributed by atoms with E-state index in [1.165, 1.54) is 0 Å². The van der Waals surface area contributed by atoms with Crippen molar-refractivity contribution in [2.75, 3.05) is 45.1 Å². The Morgan fingerprint density at radius 2 is 2.00 bits per heavy atom. The standard InChI is InChI=1S/C12H25N3O3S/c1-2-18-12-9-11(10-12)14-19(16,17)8-7-15-5-3-13-4-6-15/h11-14H,2-10H2,1H3. The van der Waals surface area contributed by atoms with Gasteiger partial charge in [-0.25, -0.2) is 13.1 Å². The van der Waals surface area contributed by atoms with E-state index in [2.05, 4.69) is 14.9 Å². The molecule has 6 nitrogen and oxygen atoms in total. The molecule has 0 atom stereocenters. The van der Waals surface area contributed by atoms with Crippen LogP contribution in [0.3, 0.4) is 0 Å². The molecule has 0 aromatic rings. The smallest absolute Gasteiger partial charge is 0.213 e. The van der Waals surface area contributed by atoms with Gasteiger partial charge in [0.2, 0.25) is 10.0 Å². The highest BCUT2D eigenvalue weighted by Crippen LogP contribution is 2.23. The van der Waals surface area contributed by atoms with Gasteiger partial charge in [-0.1, -0.05) is 0 Å². The molecule has 112 valence electrons. The van der Waals surface area contributed by atoms with Crippen molar-refractivity contribution in [1.82, 2.24) is 14.9 Å². The molecule has 0 radical (unpaired) electrons. The Kier molecular flexibility index (Phi) is 5.58. The molecule has 0 spiro atoms. The zero-order valence-electron chi connectivity index (χ0n) is 11.6. The molecule has 0 bridgehead atoms. The Morgan fingerprint density at radius 1 is 1.32 bits per heavy atom. The minimum absolute atomic E-state index is 0.0737. The van der Waals surface area contributed by atoms with Crippen LogP contribution in [0.5, 0.6) is 0 Å². The van der Waals surface area contributed by atoms with Gasteiger partial charge in [0.25, 0.3) is 0 Å². The number of sulfonamides is 1. The van der Waals surface area contributed by atoms with Gasteiger partial charge < -0.3 is 10.1 Å². The Hall–Kier alpha value is -0.210. The van der Waals surface area contributed by atoms with Gasteiger partial charge in [0, 0.05) is 45.4 Å². The highest BCUT2D eigenvalue weighted by molar-refractivity contribution is 7.89. The third kappa shape index (κ3) is 5.00. The van der Waals surface area contributed by atoms with Gasteiger partial charge in [-0.2, -0.15) is 0 Å². The highest BCUT2D eigenvalue weighted by atomic mass is 32.2. The highest BCUT2D eigenvalue weighted by Gasteiger charge is 2.32. The lowest BCUT2D eigenvalue weighted by atomic mass is 9.90. The molecule has 1 saturated heterocycles. The van der Waals surface area contributed by atoms with Crippen LogP contribution in [0.25, 0.3) is 0 Å². The molecule has 2 aliphatic rings. The van der Waals surface area contributed by atoms with Crippen LogP contribution in [0.2, 0.25) is 0 Å². The second-order valence-electron chi connectivity index (χ2n) is 5.27. The number of hydrogen-bond acceptors (Lipinski definition) is 5. The van der Waals surface area contributed by atoms with E-state index < -0.39 is 10.0 Å². The van der Waals surface area contributed by atoms with E-state index in [1.54, 1.807) is 0 Å². The minimum Gasteiger partial charge on any atom is -0.378 e. The maximum absolute atomic E-state index is 11.9. The summed E-state index contributed by atoms with van der Waals surface area (Å²) in [6.45, 7) is 7.06. The van der Waals surface area contributed by atoms with Crippen molar-refractivity contribution in [2.24, 2.45) is 0 Å². The van der Waals surface area contributed by atoms with Crippen LogP contribution in [-0.4, -0.2) is 70.5 Å². The first-order valence-electron chi connectivity index (χ1n) is 7.14. The largest absolute Gasteiger partial charge is 0.378 e. The van der Waals surface area contributed by atoms with E-state index in [0.717, 1.165) is 39.0 Å². The second-order valence-corrected chi connectivity index (χ2v) is 7.15. The Morgan fingerprint density at radius 3 is 2.63 bits per heavy atom. The maximum atomic E-state index is 11.9. The zero-order valence-corrected chi connectivity index (χ0v) is 12.4. The maximum Gasteiger partial charge on any atom is 0.213 e. The number of ether oxygens (including phenoxy) is 1. The van der Waals surface area contributed by atoms with Gasteiger partial charge in [-0.05, 0) is 19.8 Å². The van der Waals surface area contributed by atoms with Crippen LogP contribution in [0.1, 0.15) is 19.8 Å². The fourth-order valence-corrected chi connectivity index (χ4v) is 3.85. The van der Waals surface area contributed by atoms with Crippen molar-refractivity contribution in [3.05, 3.63) is 0 Å². The predicted octanol–water partition coefficient (Wildman–Crippen LogP) is -0.621. The van der Waals surface area contributed by atoms with Crippen LogP contribution in [0.4, 0.5) is 0 Å². The lowest BCUT2D eigenvalue weighted by Gasteiger charge is -2.35. The van der Waals surface area contributed by atoms with E-state index in [0.29, 0.717) is 13.2 Å². The molecule has 2 rings (SSSR count). The van der Waals surface area contributed by atoms with Crippen molar-refractivity contribution in [3.8, 4) is 0 Å². The van der Waals surface area contributed by atoms with Crippen molar-refractivity contribution in [3.63, 3.8) is 0 Å². The van der Waals surface area contributed by atoms with E-state index >= 15 is 0 Å². The molecule has 2 N–H and O–H groups in total. The molecule has 2 fully saturated rings. The summed E-state index contributed by atoms with van der Waals surface area (Å²) in [5.41, 5.74) is 0. The average Bonchev–Trinajstić information content (AvgIpc) is 2.35. The molecule has 1 aliphatic carbocycles. The summed E-state index contributed by atoms with van der Waals surface area (Å²) in [6, 6.07) is 0.0737. The van der Waals surface area contributed by atoms with Crippen LogP contribution < -0.4 is 10.0 Å². The first-order chi connectivity index (χ1) is 9.09. The SMILES string of the molecule is CCOC1CC(NS(=O)(=O)CCN2CCNCC2)C1. The molecule has 0 aromatic heterocycles. The van der Waals surface area contributed by atoms with Gasteiger partial charge in [0.15, 0.2) is 0 Å². The van der Waals surface area contributed by atoms with E-state index in [9.17, 15) is 8.42 Å². The number of hydrogen-bond donors (Lipinski definition) is 2. The third-order valence-corrected chi connectivity index (χ3v) is 5.14. The van der Waals surface area contributed by atoms with Gasteiger partial charge in [0.1, 0.15) is 0 Å².